The van der Waals surface area contributed by atoms with E-state index in [1.807, 2.05) is 0 Å². The summed E-state index contributed by atoms with van der Waals surface area (Å²) in [5.74, 6) is 0.0380. The van der Waals surface area contributed by atoms with Gasteiger partial charge in [-0.15, -0.1) is 0 Å². The summed E-state index contributed by atoms with van der Waals surface area (Å²) >= 11 is 0. The molecule has 1 aromatic heterocycles. The number of H-pyrrole nitrogens is 1. The van der Waals surface area contributed by atoms with Gasteiger partial charge in [0.1, 0.15) is 18.0 Å². The zero-order valence-corrected chi connectivity index (χ0v) is 8.77. The summed E-state index contributed by atoms with van der Waals surface area (Å²) in [4.78, 5) is 15.2. The molecule has 0 atom stereocenters. The number of carbonyl (C=O) groups is 1. The molecule has 0 unspecified atom stereocenters. The van der Waals surface area contributed by atoms with Gasteiger partial charge in [0.15, 0.2) is 0 Å². The van der Waals surface area contributed by atoms with E-state index < -0.39 is 11.8 Å². The van der Waals surface area contributed by atoms with Gasteiger partial charge in [0.05, 0.1) is 12.2 Å². The number of aromatic nitrogens is 3. The average molecular weight is 235 g/mol. The molecule has 1 heterocycles. The van der Waals surface area contributed by atoms with Crippen LogP contribution in [0.1, 0.15) is 5.82 Å². The van der Waals surface area contributed by atoms with Crippen molar-refractivity contribution in [3.63, 3.8) is 0 Å². The predicted octanol–water partition coefficient (Wildman–Crippen LogP) is 1.27. The highest BCUT2D eigenvalue weighted by atomic mass is 19.1. The second-order valence-corrected chi connectivity index (χ2v) is 3.22. The lowest BCUT2D eigenvalue weighted by Crippen LogP contribution is -2.28. The fraction of sp³-hybridized carbons (Fsp3) is 0.100. The van der Waals surface area contributed by atoms with Crippen LogP contribution in [0.3, 0.4) is 0 Å². The van der Waals surface area contributed by atoms with Gasteiger partial charge in [-0.3, -0.25) is 5.10 Å². The van der Waals surface area contributed by atoms with Gasteiger partial charge in [-0.25, -0.2) is 14.2 Å². The Bertz CT molecular complexity index is 499. The van der Waals surface area contributed by atoms with Crippen LogP contribution < -0.4 is 10.6 Å². The Hall–Kier alpha value is -2.44. The minimum absolute atomic E-state index is 0.127. The molecule has 6 nitrogen and oxygen atoms in total. The van der Waals surface area contributed by atoms with Crippen LogP contribution in [0.15, 0.2) is 30.6 Å². The molecule has 0 aliphatic heterocycles. The van der Waals surface area contributed by atoms with E-state index in [0.717, 1.165) is 0 Å². The van der Waals surface area contributed by atoms with E-state index in [1.165, 1.54) is 18.5 Å². The van der Waals surface area contributed by atoms with Gasteiger partial charge in [-0.05, 0) is 12.1 Å². The van der Waals surface area contributed by atoms with E-state index in [-0.39, 0.29) is 12.2 Å². The zero-order valence-electron chi connectivity index (χ0n) is 8.77. The van der Waals surface area contributed by atoms with Gasteiger partial charge in [-0.2, -0.15) is 5.10 Å². The number of aromatic amines is 1. The summed E-state index contributed by atoms with van der Waals surface area (Å²) in [5, 5.41) is 11.1. The molecule has 7 heteroatoms. The maximum absolute atomic E-state index is 13.2. The van der Waals surface area contributed by atoms with Gasteiger partial charge >= 0.3 is 6.03 Å². The molecule has 2 amide bonds. The Morgan fingerprint density at radius 3 is 2.94 bits per heavy atom. The Labute approximate surface area is 96.3 Å². The third-order valence-electron chi connectivity index (χ3n) is 2.00. The third kappa shape index (κ3) is 3.00. The van der Waals surface area contributed by atoms with E-state index in [1.54, 1.807) is 12.1 Å². The van der Waals surface area contributed by atoms with Crippen molar-refractivity contribution in [3.8, 4) is 0 Å². The van der Waals surface area contributed by atoms with E-state index in [2.05, 4.69) is 25.8 Å². The second-order valence-electron chi connectivity index (χ2n) is 3.22. The molecule has 0 bridgehead atoms. The number of para-hydroxylation sites is 1. The number of anilines is 1. The lowest BCUT2D eigenvalue weighted by Gasteiger charge is -2.06. The summed E-state index contributed by atoms with van der Waals surface area (Å²) in [7, 11) is 0. The summed E-state index contributed by atoms with van der Waals surface area (Å²) < 4.78 is 13.2. The second kappa shape index (κ2) is 5.06. The number of amides is 2. The van der Waals surface area contributed by atoms with Crippen LogP contribution in [0.4, 0.5) is 14.9 Å². The van der Waals surface area contributed by atoms with Crippen molar-refractivity contribution >= 4 is 11.7 Å². The number of rotatable bonds is 3. The molecule has 0 fully saturated rings. The lowest BCUT2D eigenvalue weighted by molar-refractivity contribution is 0.251. The smallest absolute Gasteiger partial charge is 0.319 e. The number of nitrogens with zero attached hydrogens (tertiary/aromatic N) is 2. The van der Waals surface area contributed by atoms with Crippen molar-refractivity contribution in [3.05, 3.63) is 42.2 Å². The zero-order chi connectivity index (χ0) is 12.1. The maximum Gasteiger partial charge on any atom is 0.319 e. The first kappa shape index (κ1) is 11.1. The monoisotopic (exact) mass is 235 g/mol. The van der Waals surface area contributed by atoms with E-state index >= 15 is 0 Å². The number of hydrogen-bond donors (Lipinski definition) is 3. The summed E-state index contributed by atoms with van der Waals surface area (Å²) in [6.45, 7) is 0.195. The molecular formula is C10H10FN5O. The minimum Gasteiger partial charge on any atom is -0.331 e. The summed E-state index contributed by atoms with van der Waals surface area (Å²) in [6.07, 6.45) is 1.34. The topological polar surface area (TPSA) is 82.7 Å². The number of hydrogen-bond acceptors (Lipinski definition) is 3. The molecule has 2 aromatic rings. The molecule has 2 rings (SSSR count). The summed E-state index contributed by atoms with van der Waals surface area (Å²) in [6, 6.07) is 5.42. The van der Waals surface area contributed by atoms with Crippen molar-refractivity contribution in [2.24, 2.45) is 0 Å². The number of halogens is 1. The normalized spacial score (nSPS) is 9.94. The molecule has 0 saturated heterocycles. The summed E-state index contributed by atoms with van der Waals surface area (Å²) in [5.41, 5.74) is 0.127. The van der Waals surface area contributed by atoms with Crippen LogP contribution in [0.5, 0.6) is 0 Å². The number of urea groups is 1. The standard InChI is InChI=1S/C10H10FN5O/c11-7-3-1-2-4-8(7)15-10(17)12-5-9-13-6-14-16-9/h1-4,6H,5H2,(H2,12,15,17)(H,13,14,16). The van der Waals surface area contributed by atoms with Crippen LogP contribution >= 0.6 is 0 Å². The number of nitrogens with one attached hydrogen (secondary N) is 3. The van der Waals surface area contributed by atoms with Gasteiger partial charge in [-0.1, -0.05) is 12.1 Å². The van der Waals surface area contributed by atoms with Crippen LogP contribution in [0, 0.1) is 5.82 Å². The van der Waals surface area contributed by atoms with Crippen molar-refractivity contribution in [1.29, 1.82) is 0 Å². The highest BCUT2D eigenvalue weighted by Gasteiger charge is 2.05. The third-order valence-corrected chi connectivity index (χ3v) is 2.00. The van der Waals surface area contributed by atoms with Crippen molar-refractivity contribution < 1.29 is 9.18 Å². The van der Waals surface area contributed by atoms with E-state index in [9.17, 15) is 9.18 Å². The predicted molar refractivity (Wildman–Crippen MR) is 58.6 cm³/mol. The Morgan fingerprint density at radius 1 is 1.41 bits per heavy atom. The number of benzene rings is 1. The molecule has 1 aromatic carbocycles. The molecule has 3 N–H and O–H groups in total. The first-order valence-electron chi connectivity index (χ1n) is 4.89. The van der Waals surface area contributed by atoms with E-state index in [0.29, 0.717) is 5.82 Å². The van der Waals surface area contributed by atoms with Crippen LogP contribution in [0.2, 0.25) is 0 Å². The van der Waals surface area contributed by atoms with Crippen LogP contribution in [0.25, 0.3) is 0 Å². The average Bonchev–Trinajstić information content (AvgIpc) is 2.82. The molecule has 88 valence electrons. The SMILES string of the molecule is O=C(NCc1ncn[nH]1)Nc1ccccc1F. The molecule has 0 radical (unpaired) electrons. The Balaban J connectivity index is 1.87. The fourth-order valence-corrected chi connectivity index (χ4v) is 1.21. The molecule has 0 aliphatic rings. The van der Waals surface area contributed by atoms with Gasteiger partial charge in [0.2, 0.25) is 0 Å². The van der Waals surface area contributed by atoms with E-state index in [4.69, 9.17) is 0 Å². The largest absolute Gasteiger partial charge is 0.331 e. The van der Waals surface area contributed by atoms with Crippen molar-refractivity contribution in [2.75, 3.05) is 5.32 Å². The Kier molecular flexibility index (Phi) is 3.29. The van der Waals surface area contributed by atoms with Gasteiger partial charge in [0, 0.05) is 0 Å². The minimum atomic E-state index is -0.508. The number of carbonyl (C=O) groups excluding carboxylic acids is 1. The van der Waals surface area contributed by atoms with Crippen molar-refractivity contribution in [2.45, 2.75) is 6.54 Å². The highest BCUT2D eigenvalue weighted by molar-refractivity contribution is 5.89. The molecule has 17 heavy (non-hydrogen) atoms. The van der Waals surface area contributed by atoms with Gasteiger partial charge in [0.25, 0.3) is 0 Å². The first-order valence-corrected chi connectivity index (χ1v) is 4.89. The van der Waals surface area contributed by atoms with Crippen molar-refractivity contribution in [1.82, 2.24) is 20.5 Å². The van der Waals surface area contributed by atoms with Gasteiger partial charge < -0.3 is 10.6 Å². The first-order chi connectivity index (χ1) is 8.25. The lowest BCUT2D eigenvalue weighted by atomic mass is 10.3. The van der Waals surface area contributed by atoms with Crippen LogP contribution in [-0.4, -0.2) is 21.2 Å². The molecule has 0 saturated carbocycles. The molecule has 0 spiro atoms. The quantitative estimate of drug-likeness (QED) is 0.749. The van der Waals surface area contributed by atoms with Crippen LogP contribution in [-0.2, 0) is 6.54 Å². The fourth-order valence-electron chi connectivity index (χ4n) is 1.21. The molecular weight excluding hydrogens is 225 g/mol. The highest BCUT2D eigenvalue weighted by Crippen LogP contribution is 2.11. The maximum atomic E-state index is 13.2. The Morgan fingerprint density at radius 2 is 2.24 bits per heavy atom. The molecule has 0 aliphatic carbocycles.